The lowest BCUT2D eigenvalue weighted by molar-refractivity contribution is 0.128. The SMILES string of the molecule is CCCCOCCN[C@@H](C)C1CCCCC1. The van der Waals surface area contributed by atoms with Crippen LogP contribution in [0.15, 0.2) is 0 Å². The van der Waals surface area contributed by atoms with Crippen molar-refractivity contribution in [3.8, 4) is 0 Å². The molecule has 1 rings (SSSR count). The van der Waals surface area contributed by atoms with Gasteiger partial charge in [0.15, 0.2) is 0 Å². The molecule has 1 saturated carbocycles. The highest BCUT2D eigenvalue weighted by Gasteiger charge is 2.18. The zero-order valence-electron chi connectivity index (χ0n) is 11.1. The fourth-order valence-electron chi connectivity index (χ4n) is 2.51. The Kier molecular flexibility index (Phi) is 7.87. The molecule has 16 heavy (non-hydrogen) atoms. The molecule has 2 nitrogen and oxygen atoms in total. The maximum Gasteiger partial charge on any atom is 0.0590 e. The summed E-state index contributed by atoms with van der Waals surface area (Å²) in [6.45, 7) is 7.35. The summed E-state index contributed by atoms with van der Waals surface area (Å²) in [5, 5.41) is 3.60. The summed E-state index contributed by atoms with van der Waals surface area (Å²) >= 11 is 0. The van der Waals surface area contributed by atoms with Crippen molar-refractivity contribution in [3.05, 3.63) is 0 Å². The van der Waals surface area contributed by atoms with E-state index in [0.29, 0.717) is 6.04 Å². The summed E-state index contributed by atoms with van der Waals surface area (Å²) < 4.78 is 5.55. The molecule has 0 saturated heterocycles. The third-order valence-electron chi connectivity index (χ3n) is 3.71. The minimum Gasteiger partial charge on any atom is -0.380 e. The van der Waals surface area contributed by atoms with E-state index >= 15 is 0 Å². The van der Waals surface area contributed by atoms with Crippen molar-refractivity contribution < 1.29 is 4.74 Å². The molecule has 1 aliphatic carbocycles. The zero-order valence-corrected chi connectivity index (χ0v) is 11.1. The highest BCUT2D eigenvalue weighted by molar-refractivity contribution is 4.75. The first-order valence-electron chi connectivity index (χ1n) is 7.15. The van der Waals surface area contributed by atoms with E-state index in [0.717, 1.165) is 25.7 Å². The van der Waals surface area contributed by atoms with Gasteiger partial charge in [0, 0.05) is 19.2 Å². The van der Waals surface area contributed by atoms with Gasteiger partial charge in [-0.1, -0.05) is 32.6 Å². The van der Waals surface area contributed by atoms with Gasteiger partial charge in [0.05, 0.1) is 6.61 Å². The molecule has 1 atom stereocenters. The molecule has 0 bridgehead atoms. The number of ether oxygens (including phenoxy) is 1. The summed E-state index contributed by atoms with van der Waals surface area (Å²) in [6.07, 6.45) is 9.58. The fourth-order valence-corrected chi connectivity index (χ4v) is 2.51. The third kappa shape index (κ3) is 5.86. The predicted molar refractivity (Wildman–Crippen MR) is 69.8 cm³/mol. The minimum absolute atomic E-state index is 0.676. The monoisotopic (exact) mass is 227 g/mol. The van der Waals surface area contributed by atoms with Crippen LogP contribution in [0.2, 0.25) is 0 Å². The Morgan fingerprint density at radius 1 is 1.19 bits per heavy atom. The van der Waals surface area contributed by atoms with Crippen LogP contribution in [0.3, 0.4) is 0 Å². The molecule has 1 aliphatic rings. The van der Waals surface area contributed by atoms with Crippen molar-refractivity contribution in [3.63, 3.8) is 0 Å². The van der Waals surface area contributed by atoms with Crippen molar-refractivity contribution in [2.45, 2.75) is 64.8 Å². The average molecular weight is 227 g/mol. The summed E-state index contributed by atoms with van der Waals surface area (Å²) in [5.41, 5.74) is 0. The molecule has 0 heterocycles. The van der Waals surface area contributed by atoms with Crippen molar-refractivity contribution in [1.29, 1.82) is 0 Å². The van der Waals surface area contributed by atoms with Gasteiger partial charge in [0.2, 0.25) is 0 Å². The van der Waals surface area contributed by atoms with E-state index in [1.54, 1.807) is 0 Å². The number of nitrogens with one attached hydrogen (secondary N) is 1. The van der Waals surface area contributed by atoms with Crippen LogP contribution in [0.1, 0.15) is 58.8 Å². The Morgan fingerprint density at radius 2 is 1.94 bits per heavy atom. The van der Waals surface area contributed by atoms with Gasteiger partial charge in [-0.25, -0.2) is 0 Å². The van der Waals surface area contributed by atoms with Crippen molar-refractivity contribution >= 4 is 0 Å². The molecular weight excluding hydrogens is 198 g/mol. The van der Waals surface area contributed by atoms with Crippen LogP contribution in [0.25, 0.3) is 0 Å². The molecule has 0 radical (unpaired) electrons. The van der Waals surface area contributed by atoms with E-state index < -0.39 is 0 Å². The number of hydrogen-bond donors (Lipinski definition) is 1. The summed E-state index contributed by atoms with van der Waals surface area (Å²) in [6, 6.07) is 0.676. The Balaban J connectivity index is 1.94. The van der Waals surface area contributed by atoms with E-state index in [-0.39, 0.29) is 0 Å². The first kappa shape index (κ1) is 14.0. The molecule has 0 aromatic carbocycles. The highest BCUT2D eigenvalue weighted by atomic mass is 16.5. The van der Waals surface area contributed by atoms with Crippen LogP contribution in [-0.4, -0.2) is 25.8 Å². The molecular formula is C14H29NO. The summed E-state index contributed by atoms with van der Waals surface area (Å²) in [7, 11) is 0. The van der Waals surface area contributed by atoms with Crippen molar-refractivity contribution in [2.75, 3.05) is 19.8 Å². The largest absolute Gasteiger partial charge is 0.380 e. The van der Waals surface area contributed by atoms with Crippen LogP contribution in [0, 0.1) is 5.92 Å². The molecule has 0 spiro atoms. The van der Waals surface area contributed by atoms with E-state index in [4.69, 9.17) is 4.74 Å². The number of hydrogen-bond acceptors (Lipinski definition) is 2. The van der Waals surface area contributed by atoms with Gasteiger partial charge in [0.25, 0.3) is 0 Å². The van der Waals surface area contributed by atoms with Crippen molar-refractivity contribution in [1.82, 2.24) is 5.32 Å². The summed E-state index contributed by atoms with van der Waals surface area (Å²) in [5.74, 6) is 0.907. The Hall–Kier alpha value is -0.0800. The lowest BCUT2D eigenvalue weighted by Gasteiger charge is -2.28. The van der Waals surface area contributed by atoms with Gasteiger partial charge in [-0.15, -0.1) is 0 Å². The quantitative estimate of drug-likeness (QED) is 0.642. The zero-order chi connectivity index (χ0) is 11.6. The van der Waals surface area contributed by atoms with E-state index in [9.17, 15) is 0 Å². The first-order valence-corrected chi connectivity index (χ1v) is 7.15. The Bertz CT molecular complexity index is 155. The molecule has 0 aromatic heterocycles. The summed E-state index contributed by atoms with van der Waals surface area (Å²) in [4.78, 5) is 0. The topological polar surface area (TPSA) is 21.3 Å². The second-order valence-electron chi connectivity index (χ2n) is 5.11. The average Bonchev–Trinajstić information content (AvgIpc) is 2.34. The second kappa shape index (κ2) is 9.00. The maximum atomic E-state index is 5.55. The fraction of sp³-hybridized carbons (Fsp3) is 1.00. The van der Waals surface area contributed by atoms with E-state index in [1.165, 1.54) is 44.9 Å². The lowest BCUT2D eigenvalue weighted by atomic mass is 9.84. The van der Waals surface area contributed by atoms with Crippen LogP contribution in [0.4, 0.5) is 0 Å². The highest BCUT2D eigenvalue weighted by Crippen LogP contribution is 2.26. The standard InChI is InChI=1S/C14H29NO/c1-3-4-11-16-12-10-15-13(2)14-8-6-5-7-9-14/h13-15H,3-12H2,1-2H3/t13-/m0/s1. The van der Waals surface area contributed by atoms with Gasteiger partial charge in [-0.2, -0.15) is 0 Å². The van der Waals surface area contributed by atoms with Gasteiger partial charge in [0.1, 0.15) is 0 Å². The van der Waals surface area contributed by atoms with Crippen LogP contribution in [-0.2, 0) is 4.74 Å². The van der Waals surface area contributed by atoms with Crippen molar-refractivity contribution in [2.24, 2.45) is 5.92 Å². The predicted octanol–water partition coefficient (Wildman–Crippen LogP) is 3.36. The minimum atomic E-state index is 0.676. The van der Waals surface area contributed by atoms with Gasteiger partial charge in [-0.05, 0) is 32.1 Å². The molecule has 2 heteroatoms. The second-order valence-corrected chi connectivity index (χ2v) is 5.11. The smallest absolute Gasteiger partial charge is 0.0590 e. The van der Waals surface area contributed by atoms with E-state index in [2.05, 4.69) is 19.2 Å². The molecule has 0 unspecified atom stereocenters. The van der Waals surface area contributed by atoms with Gasteiger partial charge < -0.3 is 10.1 Å². The third-order valence-corrected chi connectivity index (χ3v) is 3.71. The molecule has 0 aliphatic heterocycles. The number of rotatable bonds is 8. The van der Waals surface area contributed by atoms with Crippen LogP contribution in [0.5, 0.6) is 0 Å². The Morgan fingerprint density at radius 3 is 2.62 bits per heavy atom. The molecule has 96 valence electrons. The lowest BCUT2D eigenvalue weighted by Crippen LogP contribution is -2.36. The molecule has 1 fully saturated rings. The van der Waals surface area contributed by atoms with Gasteiger partial charge >= 0.3 is 0 Å². The Labute approximate surface area is 101 Å². The van der Waals surface area contributed by atoms with E-state index in [1.807, 2.05) is 0 Å². The van der Waals surface area contributed by atoms with Crippen LogP contribution < -0.4 is 5.32 Å². The van der Waals surface area contributed by atoms with Gasteiger partial charge in [-0.3, -0.25) is 0 Å². The molecule has 0 aromatic rings. The maximum absolute atomic E-state index is 5.55. The molecule has 1 N–H and O–H groups in total. The normalized spacial score (nSPS) is 19.9. The first-order chi connectivity index (χ1) is 7.84. The number of unbranched alkanes of at least 4 members (excludes halogenated alkanes) is 1. The van der Waals surface area contributed by atoms with Crippen LogP contribution >= 0.6 is 0 Å². The molecule has 0 amide bonds.